The molecule has 2 aromatic carbocycles. The van der Waals surface area contributed by atoms with Crippen molar-refractivity contribution in [3.63, 3.8) is 0 Å². The van der Waals surface area contributed by atoms with Gasteiger partial charge >= 0.3 is 0 Å². The lowest BCUT2D eigenvalue weighted by atomic mass is 9.70. The van der Waals surface area contributed by atoms with E-state index in [1.54, 1.807) is 33.4 Å². The number of ether oxygens (including phenoxy) is 1. The molecule has 4 fully saturated rings. The first kappa shape index (κ1) is 30.8. The van der Waals surface area contributed by atoms with Crippen molar-refractivity contribution in [2.75, 3.05) is 40.9 Å². The van der Waals surface area contributed by atoms with Crippen molar-refractivity contribution < 1.29 is 34.1 Å². The first-order chi connectivity index (χ1) is 21.9. The first-order valence-electron chi connectivity index (χ1n) is 16.4. The van der Waals surface area contributed by atoms with Crippen molar-refractivity contribution in [2.45, 2.75) is 82.8 Å². The Labute approximate surface area is 268 Å². The van der Waals surface area contributed by atoms with Gasteiger partial charge in [0.2, 0.25) is 17.7 Å². The van der Waals surface area contributed by atoms with Crippen LogP contribution in [0.5, 0.6) is 0 Å². The largest absolute Gasteiger partial charge is 0.394 e. The number of aliphatic hydroxyl groups is 2. The van der Waals surface area contributed by atoms with Crippen LogP contribution < -0.4 is 14.7 Å². The average molecular weight is 631 g/mol. The molecule has 0 aromatic heterocycles. The summed E-state index contributed by atoms with van der Waals surface area (Å²) in [6.45, 7) is 7.28. The molecule has 0 bridgehead atoms. The summed E-state index contributed by atoms with van der Waals surface area (Å²) >= 11 is 0. The number of carbonyl (C=O) groups excluding carboxylic acids is 4. The van der Waals surface area contributed by atoms with E-state index in [-0.39, 0.29) is 49.2 Å². The highest BCUT2D eigenvalue weighted by atomic mass is 16.5. The molecule has 0 saturated carbocycles. The highest BCUT2D eigenvalue weighted by Gasteiger charge is 2.66. The van der Waals surface area contributed by atoms with E-state index >= 15 is 0 Å². The number of nitrogens with zero attached hydrogens (tertiary/aromatic N) is 4. The molecule has 4 saturated heterocycles. The lowest BCUT2D eigenvalue weighted by Crippen LogP contribution is -2.46. The first-order valence-corrected chi connectivity index (χ1v) is 16.4. The molecule has 11 nitrogen and oxygen atoms in total. The number of β-lactam (4-membered cyclic amide) rings is 2. The van der Waals surface area contributed by atoms with Crippen LogP contribution in [0.2, 0.25) is 0 Å². The van der Waals surface area contributed by atoms with Crippen LogP contribution in [0.4, 0.5) is 17.1 Å². The number of likely N-dealkylation sites (tertiary alicyclic amines) is 1. The van der Waals surface area contributed by atoms with Crippen LogP contribution in [0.25, 0.3) is 0 Å². The number of aliphatic hydroxyl groups excluding tert-OH is 1. The monoisotopic (exact) mass is 630 g/mol. The molecular weight excluding hydrogens is 588 g/mol. The average Bonchev–Trinajstić information content (AvgIpc) is 3.67. The Morgan fingerprint density at radius 2 is 1.63 bits per heavy atom. The fourth-order valence-corrected chi connectivity index (χ4v) is 8.37. The van der Waals surface area contributed by atoms with Gasteiger partial charge in [-0.05, 0) is 62.6 Å². The molecule has 5 heterocycles. The van der Waals surface area contributed by atoms with Gasteiger partial charge in [-0.1, -0.05) is 19.1 Å². The maximum Gasteiger partial charge on any atom is 0.264 e. The summed E-state index contributed by atoms with van der Waals surface area (Å²) in [7, 11) is 0. The molecule has 244 valence electrons. The minimum Gasteiger partial charge on any atom is -0.394 e. The summed E-state index contributed by atoms with van der Waals surface area (Å²) < 4.78 is 6.86. The Morgan fingerprint density at radius 1 is 0.978 bits per heavy atom. The maximum atomic E-state index is 14.8. The van der Waals surface area contributed by atoms with Gasteiger partial charge < -0.3 is 34.5 Å². The third-order valence-electron chi connectivity index (χ3n) is 10.9. The third kappa shape index (κ3) is 4.74. The summed E-state index contributed by atoms with van der Waals surface area (Å²) in [5.41, 5.74) is 0.906. The highest BCUT2D eigenvalue weighted by Crippen LogP contribution is 2.58. The number of anilines is 3. The fraction of sp³-hybridized carbons (Fsp3) is 0.543. The van der Waals surface area contributed by atoms with Gasteiger partial charge in [0.1, 0.15) is 0 Å². The minimum absolute atomic E-state index is 0.0123. The molecule has 5 aliphatic heterocycles. The topological polar surface area (TPSA) is 131 Å². The zero-order valence-corrected chi connectivity index (χ0v) is 26.6. The molecule has 4 amide bonds. The number of benzene rings is 2. The third-order valence-corrected chi connectivity index (χ3v) is 10.9. The fourth-order valence-electron chi connectivity index (χ4n) is 8.37. The van der Waals surface area contributed by atoms with Crippen molar-refractivity contribution in [2.24, 2.45) is 11.8 Å². The summed E-state index contributed by atoms with van der Waals surface area (Å²) in [6.07, 6.45) is 1.77. The molecule has 2 aromatic rings. The lowest BCUT2D eigenvalue weighted by molar-refractivity contribution is -0.150. The molecule has 0 unspecified atom stereocenters. The van der Waals surface area contributed by atoms with Gasteiger partial charge in [-0.25, -0.2) is 0 Å². The van der Waals surface area contributed by atoms with E-state index in [1.807, 2.05) is 49.4 Å². The van der Waals surface area contributed by atoms with E-state index in [1.165, 1.54) is 0 Å². The molecule has 0 aliphatic carbocycles. The van der Waals surface area contributed by atoms with E-state index in [0.717, 1.165) is 24.1 Å². The van der Waals surface area contributed by atoms with Crippen LogP contribution in [0.15, 0.2) is 42.5 Å². The predicted octanol–water partition coefficient (Wildman–Crippen LogP) is 2.70. The van der Waals surface area contributed by atoms with Crippen LogP contribution in [0.3, 0.4) is 0 Å². The number of hydrogen-bond donors (Lipinski definition) is 2. The number of carbonyl (C=O) groups is 4. The Kier molecular flexibility index (Phi) is 7.49. The van der Waals surface area contributed by atoms with Gasteiger partial charge in [-0.3, -0.25) is 19.2 Å². The lowest BCUT2D eigenvalue weighted by Gasteiger charge is -2.35. The summed E-state index contributed by atoms with van der Waals surface area (Å²) in [6, 6.07) is 12.9. The van der Waals surface area contributed by atoms with Crippen molar-refractivity contribution in [3.8, 4) is 0 Å². The highest BCUT2D eigenvalue weighted by molar-refractivity contribution is 6.09. The Hall–Kier alpha value is -3.80. The summed E-state index contributed by atoms with van der Waals surface area (Å²) in [4.78, 5) is 59.6. The van der Waals surface area contributed by atoms with Crippen molar-refractivity contribution in [3.05, 3.63) is 53.6 Å². The molecule has 46 heavy (non-hydrogen) atoms. The van der Waals surface area contributed by atoms with E-state index in [0.29, 0.717) is 49.4 Å². The van der Waals surface area contributed by atoms with E-state index < -0.39 is 29.1 Å². The second-order valence-electron chi connectivity index (χ2n) is 14.0. The molecule has 11 heteroatoms. The second kappa shape index (κ2) is 11.2. The quantitative estimate of drug-likeness (QED) is 0.429. The Balaban J connectivity index is 1.26. The Bertz CT molecular complexity index is 1590. The minimum atomic E-state index is -1.49. The van der Waals surface area contributed by atoms with Crippen molar-refractivity contribution in [1.29, 1.82) is 0 Å². The standard InChI is InChI=1S/C35H42N4O7/c1-21-32(34(2,3)45)28(18-31(43)36-14-4-5-25(36)20-40)46-35(21)26-17-24(38-16-13-30(38)42)10-11-27(26)39(33(35)44)19-22-6-8-23(9-7-22)37-15-12-29(37)41/h6-11,17,21,25,28,32,40,45H,4-5,12-16,18-20H2,1-3H3/t21-,25-,28+,32-,35+/m0/s1. The van der Waals surface area contributed by atoms with Gasteiger partial charge in [-0.15, -0.1) is 0 Å². The van der Waals surface area contributed by atoms with Gasteiger partial charge in [-0.2, -0.15) is 0 Å². The van der Waals surface area contributed by atoms with Gasteiger partial charge in [0, 0.05) is 61.2 Å². The van der Waals surface area contributed by atoms with Gasteiger partial charge in [0.05, 0.1) is 43.0 Å². The maximum absolute atomic E-state index is 14.8. The number of amides is 4. The van der Waals surface area contributed by atoms with Gasteiger partial charge in [0.15, 0.2) is 5.60 Å². The number of fused-ring (bicyclic) bond motifs is 2. The molecule has 0 radical (unpaired) electrons. The summed E-state index contributed by atoms with van der Waals surface area (Å²) in [5, 5.41) is 21.4. The van der Waals surface area contributed by atoms with E-state index in [4.69, 9.17) is 4.74 Å². The number of rotatable bonds is 8. The molecular formula is C35H42N4O7. The van der Waals surface area contributed by atoms with Crippen molar-refractivity contribution >= 4 is 40.7 Å². The second-order valence-corrected chi connectivity index (χ2v) is 14.0. The molecule has 2 N–H and O–H groups in total. The zero-order valence-electron chi connectivity index (χ0n) is 26.6. The SMILES string of the molecule is C[C@H]1[C@H](C(C)(C)O)[C@@H](CC(=O)N2CCC[C@H]2CO)O[C@]12C(=O)N(Cc1ccc(N3CCC3=O)cc1)c1ccc(N3CCC3=O)cc12. The zero-order chi connectivity index (χ0) is 32.5. The molecule has 5 aliphatic rings. The summed E-state index contributed by atoms with van der Waals surface area (Å²) in [5.74, 6) is -1.42. The predicted molar refractivity (Wildman–Crippen MR) is 170 cm³/mol. The molecule has 1 spiro atoms. The van der Waals surface area contributed by atoms with Crippen LogP contribution >= 0.6 is 0 Å². The van der Waals surface area contributed by atoms with Crippen LogP contribution in [0, 0.1) is 11.8 Å². The Morgan fingerprint density at radius 3 is 2.22 bits per heavy atom. The van der Waals surface area contributed by atoms with Crippen LogP contribution in [-0.4, -0.2) is 82.7 Å². The number of hydrogen-bond acceptors (Lipinski definition) is 7. The van der Waals surface area contributed by atoms with Crippen molar-refractivity contribution in [1.82, 2.24) is 4.90 Å². The smallest absolute Gasteiger partial charge is 0.264 e. The van der Waals surface area contributed by atoms with Gasteiger partial charge in [0.25, 0.3) is 5.91 Å². The van der Waals surface area contributed by atoms with Crippen LogP contribution in [0.1, 0.15) is 64.0 Å². The molecule has 7 rings (SSSR count). The normalized spacial score (nSPS) is 29.1. The molecule has 5 atom stereocenters. The van der Waals surface area contributed by atoms with Crippen LogP contribution in [-0.2, 0) is 36.1 Å². The van der Waals surface area contributed by atoms with E-state index in [2.05, 4.69) is 0 Å². The van der Waals surface area contributed by atoms with E-state index in [9.17, 15) is 29.4 Å².